The number of hydrogen-bond acceptors (Lipinski definition) is 3. The molecular formula is C17H31N3O. The molecule has 0 spiro atoms. The molecule has 21 heavy (non-hydrogen) atoms. The maximum Gasteiger partial charge on any atom is 0.237 e. The number of carbonyl (C=O) groups is 1. The molecular weight excluding hydrogens is 262 g/mol. The summed E-state index contributed by atoms with van der Waals surface area (Å²) < 4.78 is 0. The Labute approximate surface area is 128 Å². The molecule has 4 nitrogen and oxygen atoms in total. The number of nitrogens with zero attached hydrogens (tertiary/aromatic N) is 1. The van der Waals surface area contributed by atoms with Crippen molar-refractivity contribution in [2.75, 3.05) is 13.1 Å². The number of hydrogen-bond donors (Lipinski definition) is 2. The zero-order valence-corrected chi connectivity index (χ0v) is 13.4. The predicted molar refractivity (Wildman–Crippen MR) is 84.9 cm³/mol. The third kappa shape index (κ3) is 3.26. The summed E-state index contributed by atoms with van der Waals surface area (Å²) in [5.41, 5.74) is 6.18. The molecule has 1 aliphatic heterocycles. The molecule has 3 rings (SSSR count). The van der Waals surface area contributed by atoms with Crippen LogP contribution < -0.4 is 11.1 Å². The lowest BCUT2D eigenvalue weighted by atomic mass is 9.67. The molecule has 1 saturated heterocycles. The van der Waals surface area contributed by atoms with Gasteiger partial charge >= 0.3 is 0 Å². The van der Waals surface area contributed by atoms with Crippen LogP contribution in [0.4, 0.5) is 0 Å². The van der Waals surface area contributed by atoms with E-state index in [-0.39, 0.29) is 6.04 Å². The topological polar surface area (TPSA) is 58.4 Å². The highest BCUT2D eigenvalue weighted by Gasteiger charge is 2.41. The van der Waals surface area contributed by atoms with Crippen LogP contribution in [0.2, 0.25) is 0 Å². The van der Waals surface area contributed by atoms with Gasteiger partial charge in [0.15, 0.2) is 0 Å². The number of nitrogens with two attached hydrogens (primary N) is 1. The van der Waals surface area contributed by atoms with Crippen LogP contribution in [0, 0.1) is 11.8 Å². The fourth-order valence-electron chi connectivity index (χ4n) is 4.96. The van der Waals surface area contributed by atoms with E-state index in [0.717, 1.165) is 38.8 Å². The molecule has 4 heteroatoms. The summed E-state index contributed by atoms with van der Waals surface area (Å²) in [5.74, 6) is 1.54. The van der Waals surface area contributed by atoms with Crippen molar-refractivity contribution in [1.29, 1.82) is 0 Å². The quantitative estimate of drug-likeness (QED) is 0.832. The van der Waals surface area contributed by atoms with Gasteiger partial charge in [-0.3, -0.25) is 9.69 Å². The van der Waals surface area contributed by atoms with Crippen molar-refractivity contribution in [3.05, 3.63) is 0 Å². The van der Waals surface area contributed by atoms with Gasteiger partial charge in [0.1, 0.15) is 0 Å². The van der Waals surface area contributed by atoms with E-state index in [9.17, 15) is 4.79 Å². The van der Waals surface area contributed by atoms with Crippen LogP contribution in [-0.4, -0.2) is 42.0 Å². The van der Waals surface area contributed by atoms with Crippen LogP contribution in [-0.2, 0) is 4.79 Å². The van der Waals surface area contributed by atoms with Gasteiger partial charge in [-0.15, -0.1) is 0 Å². The first kappa shape index (κ1) is 15.3. The summed E-state index contributed by atoms with van der Waals surface area (Å²) in [6.45, 7) is 4.34. The Morgan fingerprint density at radius 1 is 1.19 bits per heavy atom. The van der Waals surface area contributed by atoms with Crippen molar-refractivity contribution in [3.63, 3.8) is 0 Å². The summed E-state index contributed by atoms with van der Waals surface area (Å²) in [7, 11) is 0. The van der Waals surface area contributed by atoms with Crippen LogP contribution in [0.15, 0.2) is 0 Å². The summed E-state index contributed by atoms with van der Waals surface area (Å²) >= 11 is 0. The monoisotopic (exact) mass is 293 g/mol. The first-order chi connectivity index (χ1) is 10.2. The SMILES string of the molecule is CCCN1CCCC1C(=O)NC1C2CCCC1CC(N)C2. The van der Waals surface area contributed by atoms with Gasteiger partial charge in [-0.2, -0.15) is 0 Å². The Balaban J connectivity index is 1.61. The van der Waals surface area contributed by atoms with E-state index < -0.39 is 0 Å². The van der Waals surface area contributed by atoms with Crippen molar-refractivity contribution >= 4 is 5.91 Å². The zero-order valence-electron chi connectivity index (χ0n) is 13.4. The summed E-state index contributed by atoms with van der Waals surface area (Å²) in [4.78, 5) is 15.1. The van der Waals surface area contributed by atoms with Crippen molar-refractivity contribution in [2.45, 2.75) is 76.4 Å². The van der Waals surface area contributed by atoms with Gasteiger partial charge < -0.3 is 11.1 Å². The summed E-state index contributed by atoms with van der Waals surface area (Å²) in [6.07, 6.45) is 9.35. The molecule has 2 saturated carbocycles. The molecule has 3 aliphatic rings. The van der Waals surface area contributed by atoms with Gasteiger partial charge in [-0.1, -0.05) is 13.3 Å². The van der Waals surface area contributed by atoms with Gasteiger partial charge in [-0.05, 0) is 69.9 Å². The average molecular weight is 293 g/mol. The van der Waals surface area contributed by atoms with Crippen LogP contribution in [0.3, 0.4) is 0 Å². The minimum Gasteiger partial charge on any atom is -0.351 e. The smallest absolute Gasteiger partial charge is 0.237 e. The van der Waals surface area contributed by atoms with E-state index in [0.29, 0.717) is 29.8 Å². The molecule has 2 bridgehead atoms. The number of carbonyl (C=O) groups excluding carboxylic acids is 1. The van der Waals surface area contributed by atoms with Crippen LogP contribution in [0.1, 0.15) is 58.3 Å². The maximum atomic E-state index is 12.7. The van der Waals surface area contributed by atoms with E-state index in [1.54, 1.807) is 0 Å². The molecule has 3 unspecified atom stereocenters. The van der Waals surface area contributed by atoms with Gasteiger partial charge in [-0.25, -0.2) is 0 Å². The summed E-state index contributed by atoms with van der Waals surface area (Å²) in [6, 6.07) is 0.882. The number of rotatable bonds is 4. The van der Waals surface area contributed by atoms with Crippen molar-refractivity contribution in [2.24, 2.45) is 17.6 Å². The Hall–Kier alpha value is -0.610. The van der Waals surface area contributed by atoms with E-state index >= 15 is 0 Å². The molecule has 3 fully saturated rings. The fourth-order valence-corrected chi connectivity index (χ4v) is 4.96. The normalized spacial score (nSPS) is 40.2. The second-order valence-corrected chi connectivity index (χ2v) is 7.41. The van der Waals surface area contributed by atoms with E-state index in [4.69, 9.17) is 5.73 Å². The lowest BCUT2D eigenvalue weighted by Crippen LogP contribution is -2.56. The predicted octanol–water partition coefficient (Wildman–Crippen LogP) is 1.88. The standard InChI is InChI=1S/C17H31N3O/c1-2-8-20-9-4-7-15(20)17(21)19-16-12-5-3-6-13(16)11-14(18)10-12/h12-16H,2-11,18H2,1H3,(H,19,21). The van der Waals surface area contributed by atoms with Gasteiger partial charge in [0.2, 0.25) is 5.91 Å². The fraction of sp³-hybridized carbons (Fsp3) is 0.941. The first-order valence-corrected chi connectivity index (χ1v) is 8.99. The van der Waals surface area contributed by atoms with Gasteiger partial charge in [0.25, 0.3) is 0 Å². The molecule has 0 aromatic carbocycles. The van der Waals surface area contributed by atoms with Gasteiger partial charge in [0.05, 0.1) is 6.04 Å². The average Bonchev–Trinajstić information content (AvgIpc) is 2.88. The van der Waals surface area contributed by atoms with Gasteiger partial charge in [0, 0.05) is 12.1 Å². The highest BCUT2D eigenvalue weighted by molar-refractivity contribution is 5.82. The highest BCUT2D eigenvalue weighted by Crippen LogP contribution is 2.39. The number of likely N-dealkylation sites (tertiary alicyclic amines) is 1. The summed E-state index contributed by atoms with van der Waals surface area (Å²) in [5, 5.41) is 3.44. The molecule has 1 heterocycles. The maximum absolute atomic E-state index is 12.7. The molecule has 3 atom stereocenters. The molecule has 2 aliphatic carbocycles. The van der Waals surface area contributed by atoms with E-state index in [2.05, 4.69) is 17.1 Å². The largest absolute Gasteiger partial charge is 0.351 e. The lowest BCUT2D eigenvalue weighted by Gasteiger charge is -2.45. The Morgan fingerprint density at radius 2 is 1.90 bits per heavy atom. The van der Waals surface area contributed by atoms with Crippen molar-refractivity contribution in [1.82, 2.24) is 10.2 Å². The Morgan fingerprint density at radius 3 is 2.57 bits per heavy atom. The van der Waals surface area contributed by atoms with Crippen LogP contribution in [0.25, 0.3) is 0 Å². The third-order valence-electron chi connectivity index (χ3n) is 5.86. The second-order valence-electron chi connectivity index (χ2n) is 7.41. The minimum atomic E-state index is 0.126. The first-order valence-electron chi connectivity index (χ1n) is 8.99. The van der Waals surface area contributed by atoms with E-state index in [1.165, 1.54) is 25.7 Å². The van der Waals surface area contributed by atoms with Crippen LogP contribution in [0.5, 0.6) is 0 Å². The zero-order chi connectivity index (χ0) is 14.8. The molecule has 0 aromatic rings. The highest BCUT2D eigenvalue weighted by atomic mass is 16.2. The van der Waals surface area contributed by atoms with Crippen molar-refractivity contribution in [3.8, 4) is 0 Å². The number of nitrogens with one attached hydrogen (secondary N) is 1. The minimum absolute atomic E-state index is 0.126. The number of amides is 1. The third-order valence-corrected chi connectivity index (χ3v) is 5.86. The molecule has 0 aromatic heterocycles. The van der Waals surface area contributed by atoms with Crippen molar-refractivity contribution < 1.29 is 4.79 Å². The van der Waals surface area contributed by atoms with E-state index in [1.807, 2.05) is 0 Å². The molecule has 0 radical (unpaired) electrons. The van der Waals surface area contributed by atoms with Crippen LogP contribution >= 0.6 is 0 Å². The second kappa shape index (κ2) is 6.66. The molecule has 3 N–H and O–H groups in total. The molecule has 120 valence electrons. The Bertz CT molecular complexity index is 359. The lowest BCUT2D eigenvalue weighted by molar-refractivity contribution is -0.127. The Kier molecular flexibility index (Phi) is 4.85. The molecule has 1 amide bonds. The number of fused-ring (bicyclic) bond motifs is 2.